The highest BCUT2D eigenvalue weighted by atomic mass is 32.1. The van der Waals surface area contributed by atoms with E-state index >= 15 is 0 Å². The fraction of sp³-hybridized carbons (Fsp3) is 0. The lowest BCUT2D eigenvalue weighted by molar-refractivity contribution is 1.19. The molecule has 13 rings (SSSR count). The van der Waals surface area contributed by atoms with Crippen molar-refractivity contribution in [1.29, 1.82) is 0 Å². The van der Waals surface area contributed by atoms with Crippen LogP contribution in [0.4, 0.5) is 0 Å². The Bertz CT molecular complexity index is 3400. The van der Waals surface area contributed by atoms with Crippen molar-refractivity contribution in [3.63, 3.8) is 0 Å². The van der Waals surface area contributed by atoms with Gasteiger partial charge in [-0.25, -0.2) is 0 Å². The largest absolute Gasteiger partial charge is 0.308 e. The SMILES string of the molecule is c1ccc([Si-]2(c3ccccc3)c3ccccc3-c3ccc(-c4cc5c(s4)c4sccc4n5-c4ccc5c(c4)[Si-](c4ccccc4)(c4ccccc4)c4ccccc4-5)cc32)cc1. The molecule has 5 heterocycles. The molecule has 5 heteroatoms. The minimum Gasteiger partial charge on any atom is -0.308 e. The summed E-state index contributed by atoms with van der Waals surface area (Å²) in [7, 11) is -5.26. The van der Waals surface area contributed by atoms with Crippen LogP contribution in [0.5, 0.6) is 0 Å². The Morgan fingerprint density at radius 1 is 0.344 bits per heavy atom. The third-order valence-electron chi connectivity index (χ3n) is 13.5. The molecule has 0 amide bonds. The van der Waals surface area contributed by atoms with Crippen LogP contribution in [0, 0.1) is 0 Å². The van der Waals surface area contributed by atoms with Gasteiger partial charge in [-0.3, -0.25) is 0 Å². The molecule has 3 aromatic heterocycles. The van der Waals surface area contributed by atoms with Crippen LogP contribution in [0.3, 0.4) is 0 Å². The standard InChI is InChI=1S/C56H37NS2Si2/c1-5-17-40(18-6-1)60(41-19-7-2-8-20-41)51-27-15-13-25-44(51)46-31-29-38(35-53(46)60)50-37-49-56(59-50)55-48(33-34-58-55)57(49)39-30-32-47-45-26-14-16-28-52(45)61(54(47)36-39,42-21-9-3-10-22-42)43-23-11-4-12-24-43/h1-37H/q-2. The van der Waals surface area contributed by atoms with Gasteiger partial charge in [-0.2, -0.15) is 41.5 Å². The Balaban J connectivity index is 1.03. The average molecular weight is 844 g/mol. The second-order valence-electron chi connectivity index (χ2n) is 16.3. The normalized spacial score (nSPS) is 14.2. The topological polar surface area (TPSA) is 4.93 Å². The Hall–Kier alpha value is -6.61. The summed E-state index contributed by atoms with van der Waals surface area (Å²) in [6.45, 7) is 0. The van der Waals surface area contributed by atoms with Crippen molar-refractivity contribution in [2.24, 2.45) is 0 Å². The summed E-state index contributed by atoms with van der Waals surface area (Å²) >= 11 is 3.80. The van der Waals surface area contributed by atoms with Crippen LogP contribution < -0.4 is 41.5 Å². The van der Waals surface area contributed by atoms with E-state index < -0.39 is 16.1 Å². The molecule has 288 valence electrons. The van der Waals surface area contributed by atoms with Gasteiger partial charge in [0.25, 0.3) is 0 Å². The maximum absolute atomic E-state index is 2.65. The summed E-state index contributed by atoms with van der Waals surface area (Å²) in [5, 5.41) is 13.9. The number of hydrogen-bond acceptors (Lipinski definition) is 2. The molecule has 2 aliphatic rings. The van der Waals surface area contributed by atoms with E-state index in [1.54, 1.807) is 0 Å². The fourth-order valence-electron chi connectivity index (χ4n) is 11.1. The van der Waals surface area contributed by atoms with E-state index in [0.29, 0.717) is 0 Å². The molecule has 0 saturated carbocycles. The third kappa shape index (κ3) is 4.80. The number of hydrogen-bond donors (Lipinski definition) is 0. The highest BCUT2D eigenvalue weighted by Gasteiger charge is 2.38. The lowest BCUT2D eigenvalue weighted by atomic mass is 10.0. The molecule has 0 saturated heterocycles. The molecule has 61 heavy (non-hydrogen) atoms. The first-order valence-corrected chi connectivity index (χ1v) is 26.7. The Morgan fingerprint density at radius 2 is 0.803 bits per heavy atom. The highest BCUT2D eigenvalue weighted by Crippen LogP contribution is 2.44. The van der Waals surface area contributed by atoms with Crippen LogP contribution in [0.1, 0.15) is 0 Å². The molecule has 0 bridgehead atoms. The number of thiophene rings is 2. The van der Waals surface area contributed by atoms with Crippen molar-refractivity contribution in [1.82, 2.24) is 4.57 Å². The summed E-state index contributed by atoms with van der Waals surface area (Å²) in [6.07, 6.45) is 0. The molecule has 0 unspecified atom stereocenters. The molecule has 11 aromatic rings. The van der Waals surface area contributed by atoms with Crippen molar-refractivity contribution in [2.75, 3.05) is 0 Å². The van der Waals surface area contributed by atoms with E-state index in [2.05, 4.69) is 228 Å². The van der Waals surface area contributed by atoms with Crippen molar-refractivity contribution in [3.05, 3.63) is 224 Å². The molecule has 0 atom stereocenters. The molecule has 0 aliphatic carbocycles. The zero-order valence-electron chi connectivity index (χ0n) is 33.1. The summed E-state index contributed by atoms with van der Waals surface area (Å²) in [5.74, 6) is 0. The van der Waals surface area contributed by atoms with Gasteiger partial charge in [0.2, 0.25) is 0 Å². The Labute approximate surface area is 365 Å². The van der Waals surface area contributed by atoms with Crippen molar-refractivity contribution < 1.29 is 0 Å². The zero-order chi connectivity index (χ0) is 40.1. The van der Waals surface area contributed by atoms with Gasteiger partial charge in [0.05, 0.1) is 20.4 Å². The van der Waals surface area contributed by atoms with Crippen LogP contribution >= 0.6 is 22.7 Å². The van der Waals surface area contributed by atoms with E-state index in [1.165, 1.54) is 100 Å². The predicted molar refractivity (Wildman–Crippen MR) is 267 cm³/mol. The van der Waals surface area contributed by atoms with E-state index in [9.17, 15) is 0 Å². The monoisotopic (exact) mass is 843 g/mol. The minimum atomic E-state index is -2.65. The molecule has 0 radical (unpaired) electrons. The van der Waals surface area contributed by atoms with Gasteiger partial charge in [0.15, 0.2) is 0 Å². The average Bonchev–Trinajstić information content (AvgIpc) is 4.15. The number of aromatic nitrogens is 1. The molecule has 8 aromatic carbocycles. The second kappa shape index (κ2) is 13.4. The summed E-state index contributed by atoms with van der Waals surface area (Å²) in [6, 6.07) is 83.2. The fourth-order valence-corrected chi connectivity index (χ4v) is 23.7. The van der Waals surface area contributed by atoms with Gasteiger partial charge in [0.1, 0.15) is 0 Å². The van der Waals surface area contributed by atoms with E-state index in [1.807, 2.05) is 22.7 Å². The molecule has 1 nitrogen and oxygen atoms in total. The molecule has 0 spiro atoms. The summed E-state index contributed by atoms with van der Waals surface area (Å²) in [4.78, 5) is 1.31. The predicted octanol–water partition coefficient (Wildman–Crippen LogP) is 9.29. The van der Waals surface area contributed by atoms with Gasteiger partial charge in [0, 0.05) is 10.6 Å². The van der Waals surface area contributed by atoms with E-state index in [0.717, 1.165) is 0 Å². The number of benzene rings is 8. The Kier molecular flexibility index (Phi) is 7.76. The molecular formula is C56H37NS2Si2-2. The summed E-state index contributed by atoms with van der Waals surface area (Å²) < 4.78 is 5.27. The van der Waals surface area contributed by atoms with Crippen LogP contribution in [0.2, 0.25) is 0 Å². The lowest BCUT2D eigenvalue weighted by Gasteiger charge is -2.44. The quantitative estimate of drug-likeness (QED) is 0.147. The molecule has 2 aliphatic heterocycles. The van der Waals surface area contributed by atoms with Crippen molar-refractivity contribution >= 4 is 101 Å². The van der Waals surface area contributed by atoms with Gasteiger partial charge < -0.3 is 4.57 Å². The number of nitrogens with zero attached hydrogens (tertiary/aromatic N) is 1. The maximum Gasteiger partial charge on any atom is 0.0711 e. The highest BCUT2D eigenvalue weighted by molar-refractivity contribution is 7.28. The number of fused-ring (bicyclic) bond motifs is 9. The van der Waals surface area contributed by atoms with Crippen LogP contribution in [0.25, 0.3) is 58.8 Å². The first-order valence-electron chi connectivity index (χ1n) is 21.0. The van der Waals surface area contributed by atoms with Gasteiger partial charge in [-0.05, 0) is 45.3 Å². The second-order valence-corrected chi connectivity index (χ2v) is 25.8. The smallest absolute Gasteiger partial charge is 0.0711 e. The number of rotatable bonds is 6. The van der Waals surface area contributed by atoms with Crippen molar-refractivity contribution in [2.45, 2.75) is 0 Å². The van der Waals surface area contributed by atoms with Crippen LogP contribution in [-0.4, -0.2) is 20.7 Å². The zero-order valence-corrected chi connectivity index (χ0v) is 36.8. The van der Waals surface area contributed by atoms with Gasteiger partial charge in [-0.1, -0.05) is 222 Å². The maximum atomic E-state index is 2.56. The van der Waals surface area contributed by atoms with E-state index in [-0.39, 0.29) is 0 Å². The van der Waals surface area contributed by atoms with E-state index in [4.69, 9.17) is 0 Å². The van der Waals surface area contributed by atoms with Crippen molar-refractivity contribution in [3.8, 4) is 38.4 Å². The van der Waals surface area contributed by atoms with Gasteiger partial charge >= 0.3 is 0 Å². The van der Waals surface area contributed by atoms with Gasteiger partial charge in [-0.15, -0.1) is 22.7 Å². The first kappa shape index (κ1) is 35.2. The first-order chi connectivity index (χ1) is 30.3. The minimum absolute atomic E-state index is 1.22. The Morgan fingerprint density at radius 3 is 1.34 bits per heavy atom. The lowest BCUT2D eigenvalue weighted by Crippen LogP contribution is -2.72. The third-order valence-corrected chi connectivity index (χ3v) is 25.5. The van der Waals surface area contributed by atoms with Crippen LogP contribution in [0.15, 0.2) is 224 Å². The molecular weight excluding hydrogens is 807 g/mol. The molecule has 0 fully saturated rings. The van der Waals surface area contributed by atoms with Crippen LogP contribution in [-0.2, 0) is 0 Å². The summed E-state index contributed by atoms with van der Waals surface area (Å²) in [5.41, 5.74) is 10.5. The molecule has 0 N–H and O–H groups in total.